The molecule has 7 heteroatoms. The number of carbonyl (C=O) groups excluding carboxylic acids is 1. The van der Waals surface area contributed by atoms with Gasteiger partial charge < -0.3 is 9.88 Å². The lowest BCUT2D eigenvalue weighted by Crippen LogP contribution is -2.30. The Labute approximate surface area is 176 Å². The number of carbonyl (C=O) groups is 1. The van der Waals surface area contributed by atoms with Crippen molar-refractivity contribution in [1.29, 1.82) is 0 Å². The number of nitrogens with one attached hydrogen (secondary N) is 1. The first-order chi connectivity index (χ1) is 14.5. The van der Waals surface area contributed by atoms with Crippen LogP contribution in [0.2, 0.25) is 0 Å². The number of aromatic nitrogens is 4. The predicted molar refractivity (Wildman–Crippen MR) is 117 cm³/mol. The van der Waals surface area contributed by atoms with E-state index in [0.717, 1.165) is 50.4 Å². The molecule has 0 bridgehead atoms. The zero-order valence-corrected chi connectivity index (χ0v) is 17.7. The molecular weight excluding hydrogens is 378 g/mol. The van der Waals surface area contributed by atoms with E-state index < -0.39 is 0 Å². The summed E-state index contributed by atoms with van der Waals surface area (Å²) in [5, 5.41) is 3.59. The highest BCUT2D eigenvalue weighted by atomic mass is 16.1. The molecule has 0 fully saturated rings. The van der Waals surface area contributed by atoms with Gasteiger partial charge in [0.1, 0.15) is 11.6 Å². The lowest BCUT2D eigenvalue weighted by Gasteiger charge is -2.17. The Balaban J connectivity index is 1.49. The summed E-state index contributed by atoms with van der Waals surface area (Å²) in [4.78, 5) is 34.6. The van der Waals surface area contributed by atoms with Crippen LogP contribution in [0, 0.1) is 12.8 Å². The third kappa shape index (κ3) is 4.30. The minimum absolute atomic E-state index is 0.00758. The Hall–Kier alpha value is -2.96. The quantitative estimate of drug-likeness (QED) is 0.705. The van der Waals surface area contributed by atoms with Gasteiger partial charge in [-0.1, -0.05) is 19.8 Å². The predicted octanol–water partition coefficient (Wildman–Crippen LogP) is 3.08. The smallest absolute Gasteiger partial charge is 0.261 e. The molecule has 0 saturated heterocycles. The van der Waals surface area contributed by atoms with E-state index in [4.69, 9.17) is 4.98 Å². The number of aryl methyl sites for hydroxylation is 2. The largest absolute Gasteiger partial charge is 0.352 e. The van der Waals surface area contributed by atoms with E-state index in [1.165, 1.54) is 6.42 Å². The van der Waals surface area contributed by atoms with Gasteiger partial charge in [-0.05, 0) is 43.9 Å². The molecule has 0 spiro atoms. The van der Waals surface area contributed by atoms with Crippen molar-refractivity contribution < 1.29 is 4.79 Å². The minimum Gasteiger partial charge on any atom is -0.352 e. The van der Waals surface area contributed by atoms with Gasteiger partial charge in [0.15, 0.2) is 0 Å². The van der Waals surface area contributed by atoms with Crippen LogP contribution in [0.3, 0.4) is 0 Å². The van der Waals surface area contributed by atoms with E-state index in [1.54, 1.807) is 24.4 Å². The number of hydrogen-bond acceptors (Lipinski definition) is 4. The van der Waals surface area contributed by atoms with E-state index in [1.807, 2.05) is 17.7 Å². The highest BCUT2D eigenvalue weighted by Gasteiger charge is 2.15. The van der Waals surface area contributed by atoms with Crippen molar-refractivity contribution in [3.63, 3.8) is 0 Å². The van der Waals surface area contributed by atoms with Crippen molar-refractivity contribution in [2.45, 2.75) is 59.0 Å². The van der Waals surface area contributed by atoms with Gasteiger partial charge in [-0.15, -0.1) is 0 Å². The van der Waals surface area contributed by atoms with Gasteiger partial charge in [0.2, 0.25) is 0 Å². The molecule has 3 aromatic rings. The summed E-state index contributed by atoms with van der Waals surface area (Å²) in [6.07, 6.45) is 8.94. The van der Waals surface area contributed by atoms with Crippen LogP contribution in [0.4, 0.5) is 0 Å². The highest BCUT2D eigenvalue weighted by molar-refractivity contribution is 5.97. The third-order valence-corrected chi connectivity index (χ3v) is 5.87. The SMILES string of the molecule is Cc1nccn1CC(C)CNC(=O)c1ccc2c(=O)n3c(nc2c1)CCCCCC3. The second-order valence-electron chi connectivity index (χ2n) is 8.32. The fraction of sp³-hybridized carbons (Fsp3) is 0.478. The molecule has 1 aliphatic rings. The Morgan fingerprint density at radius 1 is 1.23 bits per heavy atom. The first kappa shape index (κ1) is 20.3. The van der Waals surface area contributed by atoms with Crippen molar-refractivity contribution in [2.24, 2.45) is 5.92 Å². The van der Waals surface area contributed by atoms with Crippen molar-refractivity contribution >= 4 is 16.8 Å². The van der Waals surface area contributed by atoms with Gasteiger partial charge in [-0.2, -0.15) is 0 Å². The molecule has 1 atom stereocenters. The molecule has 0 radical (unpaired) electrons. The molecular formula is C23H29N5O2. The Bertz CT molecular complexity index is 1110. The molecule has 0 saturated carbocycles. The molecule has 7 nitrogen and oxygen atoms in total. The van der Waals surface area contributed by atoms with Gasteiger partial charge in [0.25, 0.3) is 11.5 Å². The lowest BCUT2D eigenvalue weighted by molar-refractivity contribution is 0.0947. The van der Waals surface area contributed by atoms with E-state index in [-0.39, 0.29) is 17.4 Å². The van der Waals surface area contributed by atoms with Crippen LogP contribution in [0.15, 0.2) is 35.4 Å². The first-order valence-corrected chi connectivity index (χ1v) is 10.8. The second kappa shape index (κ2) is 8.81. The molecule has 1 unspecified atom stereocenters. The minimum atomic E-state index is -0.139. The van der Waals surface area contributed by atoms with Crippen LogP contribution in [-0.2, 0) is 19.5 Å². The van der Waals surface area contributed by atoms with Crippen molar-refractivity contribution in [1.82, 2.24) is 24.4 Å². The molecule has 0 aliphatic carbocycles. The highest BCUT2D eigenvalue weighted by Crippen LogP contribution is 2.16. The fourth-order valence-electron chi connectivity index (χ4n) is 4.10. The summed E-state index contributed by atoms with van der Waals surface area (Å²) in [5.41, 5.74) is 1.16. The van der Waals surface area contributed by atoms with Gasteiger partial charge >= 0.3 is 0 Å². The van der Waals surface area contributed by atoms with E-state index in [0.29, 0.717) is 23.0 Å². The maximum Gasteiger partial charge on any atom is 0.261 e. The van der Waals surface area contributed by atoms with Gasteiger partial charge in [0.05, 0.1) is 10.9 Å². The third-order valence-electron chi connectivity index (χ3n) is 5.87. The molecule has 1 aliphatic heterocycles. The average Bonchev–Trinajstić information content (AvgIpc) is 3.11. The van der Waals surface area contributed by atoms with E-state index in [9.17, 15) is 9.59 Å². The van der Waals surface area contributed by atoms with Crippen molar-refractivity contribution in [2.75, 3.05) is 6.54 Å². The molecule has 30 heavy (non-hydrogen) atoms. The topological polar surface area (TPSA) is 81.8 Å². The summed E-state index contributed by atoms with van der Waals surface area (Å²) in [6.45, 7) is 6.16. The molecule has 2 aromatic heterocycles. The number of amides is 1. The van der Waals surface area contributed by atoms with Crippen LogP contribution in [0.25, 0.3) is 10.9 Å². The number of hydrogen-bond donors (Lipinski definition) is 1. The standard InChI is InChI=1S/C23H29N5O2/c1-16(15-27-12-10-24-17(27)2)14-25-22(29)18-8-9-19-20(13-18)26-21-7-5-3-4-6-11-28(21)23(19)30/h8-10,12-13,16H,3-7,11,14-15H2,1-2H3,(H,25,29). The Morgan fingerprint density at radius 2 is 2.07 bits per heavy atom. The molecule has 1 amide bonds. The summed E-state index contributed by atoms with van der Waals surface area (Å²) in [6, 6.07) is 5.21. The molecule has 1 N–H and O–H groups in total. The van der Waals surface area contributed by atoms with Crippen LogP contribution in [0.5, 0.6) is 0 Å². The fourth-order valence-corrected chi connectivity index (χ4v) is 4.10. The van der Waals surface area contributed by atoms with Crippen molar-refractivity contribution in [3.05, 3.63) is 58.2 Å². The van der Waals surface area contributed by atoms with Gasteiger partial charge in [-0.25, -0.2) is 9.97 Å². The van der Waals surface area contributed by atoms with Crippen LogP contribution in [-0.4, -0.2) is 31.6 Å². The molecule has 3 heterocycles. The zero-order chi connectivity index (χ0) is 21.1. The Kier molecular flexibility index (Phi) is 5.97. The number of benzene rings is 1. The lowest BCUT2D eigenvalue weighted by atomic mass is 10.1. The summed E-state index contributed by atoms with van der Waals surface area (Å²) in [5.74, 6) is 1.94. The molecule has 158 valence electrons. The van der Waals surface area contributed by atoms with Gasteiger partial charge in [-0.3, -0.25) is 14.2 Å². The maximum absolute atomic E-state index is 12.9. The van der Waals surface area contributed by atoms with E-state index in [2.05, 4.69) is 21.8 Å². The summed E-state index contributed by atoms with van der Waals surface area (Å²) < 4.78 is 3.90. The zero-order valence-electron chi connectivity index (χ0n) is 17.7. The monoisotopic (exact) mass is 407 g/mol. The van der Waals surface area contributed by atoms with Gasteiger partial charge in [0, 0.05) is 44.0 Å². The van der Waals surface area contributed by atoms with Crippen LogP contribution >= 0.6 is 0 Å². The number of imidazole rings is 1. The number of rotatable bonds is 5. The number of fused-ring (bicyclic) bond motifs is 2. The Morgan fingerprint density at radius 3 is 2.87 bits per heavy atom. The van der Waals surface area contributed by atoms with Crippen LogP contribution < -0.4 is 10.9 Å². The average molecular weight is 408 g/mol. The molecule has 1 aromatic carbocycles. The first-order valence-electron chi connectivity index (χ1n) is 10.8. The second-order valence-corrected chi connectivity index (χ2v) is 8.32. The van der Waals surface area contributed by atoms with E-state index >= 15 is 0 Å². The number of nitrogens with zero attached hydrogens (tertiary/aromatic N) is 4. The summed E-state index contributed by atoms with van der Waals surface area (Å²) in [7, 11) is 0. The van der Waals surface area contributed by atoms with Crippen LogP contribution in [0.1, 0.15) is 54.6 Å². The molecule has 4 rings (SSSR count). The summed E-state index contributed by atoms with van der Waals surface area (Å²) >= 11 is 0. The van der Waals surface area contributed by atoms with Crippen molar-refractivity contribution in [3.8, 4) is 0 Å². The maximum atomic E-state index is 12.9. The normalized spacial score (nSPS) is 15.3.